The summed E-state index contributed by atoms with van der Waals surface area (Å²) < 4.78 is 25.8. The molecule has 3 nitrogen and oxygen atoms in total. The Bertz CT molecular complexity index is 428. The smallest absolute Gasteiger partial charge is 0.159 e. The van der Waals surface area contributed by atoms with Crippen LogP contribution in [-0.2, 0) is 6.54 Å². The molecule has 1 aromatic carbocycles. The summed E-state index contributed by atoms with van der Waals surface area (Å²) in [6.45, 7) is 4.54. The molecule has 1 aliphatic rings. The minimum absolute atomic E-state index is 0.263. The molecule has 0 bridgehead atoms. The molecule has 1 aromatic rings. The fourth-order valence-electron chi connectivity index (χ4n) is 2.62. The number of nitrogens with zero attached hydrogens (tertiary/aromatic N) is 1. The van der Waals surface area contributed by atoms with Crippen LogP contribution in [0.15, 0.2) is 18.2 Å². The largest absolute Gasteiger partial charge is 0.396 e. The Morgan fingerprint density at radius 1 is 1.30 bits per heavy atom. The van der Waals surface area contributed by atoms with E-state index < -0.39 is 11.6 Å². The van der Waals surface area contributed by atoms with E-state index in [-0.39, 0.29) is 6.61 Å². The predicted molar refractivity (Wildman–Crippen MR) is 74.3 cm³/mol. The van der Waals surface area contributed by atoms with Gasteiger partial charge in [-0.3, -0.25) is 0 Å². The van der Waals surface area contributed by atoms with Crippen LogP contribution in [0.4, 0.5) is 8.78 Å². The third-order valence-corrected chi connectivity index (χ3v) is 3.78. The van der Waals surface area contributed by atoms with Crippen LogP contribution in [0.2, 0.25) is 0 Å². The summed E-state index contributed by atoms with van der Waals surface area (Å²) in [5.41, 5.74) is 0.746. The second-order valence-electron chi connectivity index (χ2n) is 5.42. The molecule has 112 valence electrons. The predicted octanol–water partition coefficient (Wildman–Crippen LogP) is 1.76. The number of aliphatic hydroxyl groups excluding tert-OH is 1. The average Bonchev–Trinajstić information content (AvgIpc) is 2.47. The highest BCUT2D eigenvalue weighted by Gasteiger charge is 2.18. The SMILES string of the molecule is OC[C@H]1CCCN(CCNCc2ccc(F)c(F)c2)C1. The van der Waals surface area contributed by atoms with Gasteiger partial charge in [0.15, 0.2) is 11.6 Å². The summed E-state index contributed by atoms with van der Waals surface area (Å²) >= 11 is 0. The Labute approximate surface area is 118 Å². The fraction of sp³-hybridized carbons (Fsp3) is 0.600. The zero-order chi connectivity index (χ0) is 14.4. The van der Waals surface area contributed by atoms with Crippen LogP contribution in [0.25, 0.3) is 0 Å². The van der Waals surface area contributed by atoms with Crippen molar-refractivity contribution in [1.29, 1.82) is 0 Å². The van der Waals surface area contributed by atoms with Crippen molar-refractivity contribution < 1.29 is 13.9 Å². The number of benzene rings is 1. The number of nitrogens with one attached hydrogen (secondary N) is 1. The average molecular weight is 284 g/mol. The van der Waals surface area contributed by atoms with E-state index in [1.54, 1.807) is 6.07 Å². The van der Waals surface area contributed by atoms with Crippen molar-refractivity contribution in [3.05, 3.63) is 35.4 Å². The first-order valence-corrected chi connectivity index (χ1v) is 7.17. The Balaban J connectivity index is 1.67. The second-order valence-corrected chi connectivity index (χ2v) is 5.42. The van der Waals surface area contributed by atoms with Gasteiger partial charge in [-0.1, -0.05) is 6.07 Å². The molecule has 1 aliphatic heterocycles. The van der Waals surface area contributed by atoms with Crippen LogP contribution >= 0.6 is 0 Å². The highest BCUT2D eigenvalue weighted by atomic mass is 19.2. The van der Waals surface area contributed by atoms with Crippen LogP contribution in [0.5, 0.6) is 0 Å². The lowest BCUT2D eigenvalue weighted by atomic mass is 9.99. The molecule has 0 unspecified atom stereocenters. The van der Waals surface area contributed by atoms with Gasteiger partial charge in [0.2, 0.25) is 0 Å². The number of hydrogen-bond donors (Lipinski definition) is 2. The lowest BCUT2D eigenvalue weighted by molar-refractivity contribution is 0.121. The Hall–Kier alpha value is -1.04. The molecule has 2 N–H and O–H groups in total. The van der Waals surface area contributed by atoms with Crippen molar-refractivity contribution in [2.75, 3.05) is 32.8 Å². The molecule has 0 aromatic heterocycles. The van der Waals surface area contributed by atoms with Gasteiger partial charge in [-0.2, -0.15) is 0 Å². The van der Waals surface area contributed by atoms with Crippen molar-refractivity contribution in [1.82, 2.24) is 10.2 Å². The monoisotopic (exact) mass is 284 g/mol. The van der Waals surface area contributed by atoms with Gasteiger partial charge >= 0.3 is 0 Å². The number of rotatable bonds is 6. The maximum absolute atomic E-state index is 13.0. The minimum atomic E-state index is -0.808. The molecule has 1 atom stereocenters. The first-order chi connectivity index (χ1) is 9.69. The number of halogens is 2. The maximum atomic E-state index is 13.0. The molecule has 0 saturated carbocycles. The van der Waals surface area contributed by atoms with Crippen molar-refractivity contribution in [3.63, 3.8) is 0 Å². The molecular formula is C15H22F2N2O. The molecule has 5 heteroatoms. The van der Waals surface area contributed by atoms with Crippen molar-refractivity contribution in [2.45, 2.75) is 19.4 Å². The topological polar surface area (TPSA) is 35.5 Å². The first-order valence-electron chi connectivity index (χ1n) is 7.17. The van der Waals surface area contributed by atoms with Crippen LogP contribution in [0.1, 0.15) is 18.4 Å². The fourth-order valence-corrected chi connectivity index (χ4v) is 2.62. The Morgan fingerprint density at radius 3 is 2.90 bits per heavy atom. The van der Waals surface area contributed by atoms with E-state index in [0.29, 0.717) is 12.5 Å². The molecule has 1 fully saturated rings. The second kappa shape index (κ2) is 7.67. The summed E-state index contributed by atoms with van der Waals surface area (Å²) in [6.07, 6.45) is 2.24. The van der Waals surface area contributed by atoms with Gasteiger partial charge in [-0.05, 0) is 43.0 Å². The zero-order valence-corrected chi connectivity index (χ0v) is 11.6. The molecule has 0 aliphatic carbocycles. The summed E-state index contributed by atoms with van der Waals surface area (Å²) in [5, 5.41) is 12.4. The van der Waals surface area contributed by atoms with Crippen molar-refractivity contribution in [2.24, 2.45) is 5.92 Å². The molecule has 2 rings (SSSR count). The number of aliphatic hydroxyl groups is 1. The van der Waals surface area contributed by atoms with E-state index in [0.717, 1.165) is 50.7 Å². The first kappa shape index (κ1) is 15.4. The quantitative estimate of drug-likeness (QED) is 0.781. The normalized spacial score (nSPS) is 20.2. The lowest BCUT2D eigenvalue weighted by Crippen LogP contribution is -2.40. The van der Waals surface area contributed by atoms with Gasteiger partial charge in [0.1, 0.15) is 0 Å². The molecule has 0 radical (unpaired) electrons. The minimum Gasteiger partial charge on any atom is -0.396 e. The highest BCUT2D eigenvalue weighted by Crippen LogP contribution is 2.15. The lowest BCUT2D eigenvalue weighted by Gasteiger charge is -2.31. The summed E-state index contributed by atoms with van der Waals surface area (Å²) in [4.78, 5) is 2.34. The summed E-state index contributed by atoms with van der Waals surface area (Å²) in [6, 6.07) is 3.97. The van der Waals surface area contributed by atoms with E-state index in [1.165, 1.54) is 6.07 Å². The van der Waals surface area contributed by atoms with Crippen molar-refractivity contribution >= 4 is 0 Å². The van der Waals surface area contributed by atoms with E-state index in [2.05, 4.69) is 10.2 Å². The van der Waals surface area contributed by atoms with Crippen LogP contribution in [-0.4, -0.2) is 42.8 Å². The molecule has 0 amide bonds. The van der Waals surface area contributed by atoms with E-state index in [9.17, 15) is 8.78 Å². The Morgan fingerprint density at radius 2 is 2.15 bits per heavy atom. The van der Waals surface area contributed by atoms with Gasteiger partial charge in [-0.15, -0.1) is 0 Å². The van der Waals surface area contributed by atoms with Crippen molar-refractivity contribution in [3.8, 4) is 0 Å². The molecule has 0 spiro atoms. The summed E-state index contributed by atoms with van der Waals surface area (Å²) in [5.74, 6) is -1.21. The van der Waals surface area contributed by atoms with E-state index in [1.807, 2.05) is 0 Å². The van der Waals surface area contributed by atoms with E-state index >= 15 is 0 Å². The number of piperidine rings is 1. The molecule has 20 heavy (non-hydrogen) atoms. The zero-order valence-electron chi connectivity index (χ0n) is 11.6. The van der Waals surface area contributed by atoms with Crippen LogP contribution < -0.4 is 5.32 Å². The Kier molecular flexibility index (Phi) is 5.88. The van der Waals surface area contributed by atoms with Gasteiger partial charge in [-0.25, -0.2) is 8.78 Å². The third kappa shape index (κ3) is 4.51. The van der Waals surface area contributed by atoms with Gasteiger partial charge in [0, 0.05) is 32.8 Å². The van der Waals surface area contributed by atoms with E-state index in [4.69, 9.17) is 5.11 Å². The molecular weight excluding hydrogens is 262 g/mol. The van der Waals surface area contributed by atoms with Gasteiger partial charge in [0.25, 0.3) is 0 Å². The summed E-state index contributed by atoms with van der Waals surface area (Å²) in [7, 11) is 0. The third-order valence-electron chi connectivity index (χ3n) is 3.78. The number of likely N-dealkylation sites (tertiary alicyclic amines) is 1. The standard InChI is InChI=1S/C15H22F2N2O/c16-14-4-3-12(8-15(14)17)9-18-5-7-19-6-1-2-13(10-19)11-20/h3-4,8,13,18,20H,1-2,5-7,9-11H2/t13-/m0/s1. The number of hydrogen-bond acceptors (Lipinski definition) is 3. The highest BCUT2D eigenvalue weighted by molar-refractivity contribution is 5.17. The van der Waals surface area contributed by atoms with Gasteiger partial charge < -0.3 is 15.3 Å². The molecule has 1 saturated heterocycles. The van der Waals surface area contributed by atoms with Gasteiger partial charge in [0.05, 0.1) is 0 Å². The van der Waals surface area contributed by atoms with Crippen LogP contribution in [0, 0.1) is 17.6 Å². The molecule has 1 heterocycles. The maximum Gasteiger partial charge on any atom is 0.159 e. The van der Waals surface area contributed by atoms with Crippen LogP contribution in [0.3, 0.4) is 0 Å².